The van der Waals surface area contributed by atoms with Crippen LogP contribution in [-0.2, 0) is 11.2 Å². The topological polar surface area (TPSA) is 50.7 Å². The van der Waals surface area contributed by atoms with Gasteiger partial charge in [-0.1, -0.05) is 40.2 Å². The number of hydrogen-bond acceptors (Lipinski definition) is 3. The van der Waals surface area contributed by atoms with Crippen molar-refractivity contribution in [2.24, 2.45) is 5.10 Å². The Labute approximate surface area is 157 Å². The Hall–Kier alpha value is -1.66. The SMILES string of the molecule is O=C(COc1ccc(Br)cc1Br)N/N=C1\CCCc2ccccc21. The maximum absolute atomic E-state index is 12.0. The zero-order chi connectivity index (χ0) is 16.9. The summed E-state index contributed by atoms with van der Waals surface area (Å²) in [5, 5.41) is 4.29. The summed E-state index contributed by atoms with van der Waals surface area (Å²) >= 11 is 6.78. The Balaban J connectivity index is 1.60. The molecule has 1 aliphatic rings. The van der Waals surface area contributed by atoms with Crippen LogP contribution < -0.4 is 10.2 Å². The lowest BCUT2D eigenvalue weighted by molar-refractivity contribution is -0.123. The fraction of sp³-hybridized carbons (Fsp3) is 0.222. The van der Waals surface area contributed by atoms with E-state index < -0.39 is 0 Å². The molecule has 0 saturated heterocycles. The number of nitrogens with one attached hydrogen (secondary N) is 1. The van der Waals surface area contributed by atoms with Crippen molar-refractivity contribution in [2.75, 3.05) is 6.61 Å². The number of amides is 1. The molecule has 124 valence electrons. The first-order chi connectivity index (χ1) is 11.6. The first-order valence-corrected chi connectivity index (χ1v) is 9.23. The number of nitrogens with zero attached hydrogens (tertiary/aromatic N) is 1. The number of carbonyl (C=O) groups excluding carboxylic acids is 1. The zero-order valence-electron chi connectivity index (χ0n) is 12.9. The fourth-order valence-electron chi connectivity index (χ4n) is 2.61. The van der Waals surface area contributed by atoms with E-state index in [1.54, 1.807) is 6.07 Å². The Morgan fingerprint density at radius 1 is 1.17 bits per heavy atom. The third kappa shape index (κ3) is 4.24. The predicted molar refractivity (Wildman–Crippen MR) is 101 cm³/mol. The van der Waals surface area contributed by atoms with E-state index in [9.17, 15) is 4.79 Å². The summed E-state index contributed by atoms with van der Waals surface area (Å²) in [5.41, 5.74) is 5.93. The van der Waals surface area contributed by atoms with Crippen LogP contribution in [0.25, 0.3) is 0 Å². The van der Waals surface area contributed by atoms with E-state index in [2.05, 4.69) is 54.5 Å². The monoisotopic (exact) mass is 450 g/mol. The van der Waals surface area contributed by atoms with Gasteiger partial charge in [0.2, 0.25) is 0 Å². The first kappa shape index (κ1) is 17.2. The van der Waals surface area contributed by atoms with Crippen molar-refractivity contribution in [3.05, 3.63) is 62.5 Å². The average molecular weight is 452 g/mol. The third-order valence-corrected chi connectivity index (χ3v) is 4.87. The van der Waals surface area contributed by atoms with Gasteiger partial charge in [0.15, 0.2) is 6.61 Å². The second-order valence-electron chi connectivity index (χ2n) is 5.47. The number of aryl methyl sites for hydroxylation is 1. The summed E-state index contributed by atoms with van der Waals surface area (Å²) in [6, 6.07) is 13.7. The fourth-order valence-corrected chi connectivity index (χ4v) is 3.78. The highest BCUT2D eigenvalue weighted by atomic mass is 79.9. The minimum absolute atomic E-state index is 0.0847. The molecule has 3 rings (SSSR count). The quantitative estimate of drug-likeness (QED) is 0.698. The maximum Gasteiger partial charge on any atom is 0.277 e. The Bertz CT molecular complexity index is 790. The van der Waals surface area contributed by atoms with Gasteiger partial charge < -0.3 is 4.74 Å². The largest absolute Gasteiger partial charge is 0.483 e. The summed E-state index contributed by atoms with van der Waals surface area (Å²) in [5.74, 6) is 0.337. The summed E-state index contributed by atoms with van der Waals surface area (Å²) < 4.78 is 7.24. The van der Waals surface area contributed by atoms with E-state index in [1.807, 2.05) is 24.3 Å². The number of rotatable bonds is 4. The van der Waals surface area contributed by atoms with Gasteiger partial charge in [-0.2, -0.15) is 5.10 Å². The number of benzene rings is 2. The van der Waals surface area contributed by atoms with E-state index in [-0.39, 0.29) is 12.5 Å². The second kappa shape index (κ2) is 7.94. The van der Waals surface area contributed by atoms with Crippen LogP contribution in [-0.4, -0.2) is 18.2 Å². The van der Waals surface area contributed by atoms with Crippen molar-refractivity contribution in [1.29, 1.82) is 0 Å². The number of fused-ring (bicyclic) bond motifs is 1. The highest BCUT2D eigenvalue weighted by Gasteiger charge is 2.15. The normalized spacial score (nSPS) is 15.0. The molecule has 1 N–H and O–H groups in total. The Kier molecular flexibility index (Phi) is 5.68. The number of hydrogen-bond donors (Lipinski definition) is 1. The van der Waals surface area contributed by atoms with E-state index in [4.69, 9.17) is 4.74 Å². The van der Waals surface area contributed by atoms with Crippen molar-refractivity contribution in [2.45, 2.75) is 19.3 Å². The Morgan fingerprint density at radius 3 is 2.83 bits per heavy atom. The summed E-state index contributed by atoms with van der Waals surface area (Å²) in [6.07, 6.45) is 2.98. The van der Waals surface area contributed by atoms with Crippen molar-refractivity contribution < 1.29 is 9.53 Å². The molecule has 0 aromatic heterocycles. The second-order valence-corrected chi connectivity index (χ2v) is 7.24. The van der Waals surface area contributed by atoms with Crippen molar-refractivity contribution in [1.82, 2.24) is 5.43 Å². The van der Waals surface area contributed by atoms with Gasteiger partial charge in [0.25, 0.3) is 5.91 Å². The molecular weight excluding hydrogens is 436 g/mol. The molecule has 0 unspecified atom stereocenters. The van der Waals surface area contributed by atoms with Gasteiger partial charge in [-0.05, 0) is 59.0 Å². The number of hydrazone groups is 1. The molecule has 6 heteroatoms. The molecule has 24 heavy (non-hydrogen) atoms. The first-order valence-electron chi connectivity index (χ1n) is 7.65. The molecule has 2 aromatic rings. The molecule has 2 aromatic carbocycles. The highest BCUT2D eigenvalue weighted by molar-refractivity contribution is 9.11. The van der Waals surface area contributed by atoms with Crippen LogP contribution in [0.3, 0.4) is 0 Å². The number of ether oxygens (including phenoxy) is 1. The number of halogens is 2. The number of carbonyl (C=O) groups is 1. The lowest BCUT2D eigenvalue weighted by Gasteiger charge is -2.17. The van der Waals surface area contributed by atoms with E-state index >= 15 is 0 Å². The summed E-state index contributed by atoms with van der Waals surface area (Å²) in [7, 11) is 0. The molecule has 0 atom stereocenters. The van der Waals surface area contributed by atoms with Gasteiger partial charge in [-0.25, -0.2) is 5.43 Å². The van der Waals surface area contributed by atoms with E-state index in [0.29, 0.717) is 5.75 Å². The zero-order valence-corrected chi connectivity index (χ0v) is 16.1. The lowest BCUT2D eigenvalue weighted by Crippen LogP contribution is -2.27. The molecule has 0 saturated carbocycles. The van der Waals surface area contributed by atoms with Crippen LogP contribution >= 0.6 is 31.9 Å². The predicted octanol–water partition coefficient (Wildman–Crippen LogP) is 4.45. The van der Waals surface area contributed by atoms with Gasteiger partial charge in [0, 0.05) is 10.0 Å². The molecule has 0 bridgehead atoms. The van der Waals surface area contributed by atoms with Crippen LogP contribution in [0.5, 0.6) is 5.75 Å². The Morgan fingerprint density at radius 2 is 2.00 bits per heavy atom. The smallest absolute Gasteiger partial charge is 0.277 e. The molecule has 0 spiro atoms. The summed E-state index contributed by atoms with van der Waals surface area (Å²) in [4.78, 5) is 12.0. The van der Waals surface area contributed by atoms with Crippen LogP contribution in [0.2, 0.25) is 0 Å². The van der Waals surface area contributed by atoms with Crippen LogP contribution in [0.4, 0.5) is 0 Å². The van der Waals surface area contributed by atoms with Crippen LogP contribution in [0, 0.1) is 0 Å². The van der Waals surface area contributed by atoms with Crippen LogP contribution in [0.15, 0.2) is 56.5 Å². The van der Waals surface area contributed by atoms with Gasteiger partial charge >= 0.3 is 0 Å². The highest BCUT2D eigenvalue weighted by Crippen LogP contribution is 2.28. The van der Waals surface area contributed by atoms with Crippen LogP contribution in [0.1, 0.15) is 24.0 Å². The molecule has 4 nitrogen and oxygen atoms in total. The average Bonchev–Trinajstić information content (AvgIpc) is 2.59. The van der Waals surface area contributed by atoms with Gasteiger partial charge in [0.05, 0.1) is 10.2 Å². The van der Waals surface area contributed by atoms with Crippen molar-refractivity contribution in [3.63, 3.8) is 0 Å². The van der Waals surface area contributed by atoms with Crippen molar-refractivity contribution in [3.8, 4) is 5.75 Å². The molecule has 0 radical (unpaired) electrons. The molecule has 1 aliphatic carbocycles. The molecule has 0 fully saturated rings. The third-order valence-electron chi connectivity index (χ3n) is 3.76. The standard InChI is InChI=1S/C18H16Br2N2O2/c19-13-8-9-17(15(20)10-13)24-11-18(23)22-21-16-7-3-5-12-4-1-2-6-14(12)16/h1-2,4,6,8-10H,3,5,7,11H2,(H,22,23)/b21-16+. The maximum atomic E-state index is 12.0. The molecule has 1 amide bonds. The van der Waals surface area contributed by atoms with Gasteiger partial charge in [0.1, 0.15) is 5.75 Å². The van der Waals surface area contributed by atoms with E-state index in [0.717, 1.165) is 39.5 Å². The molecular formula is C18H16Br2N2O2. The molecule has 0 heterocycles. The minimum atomic E-state index is -0.277. The summed E-state index contributed by atoms with van der Waals surface area (Å²) in [6.45, 7) is -0.0847. The van der Waals surface area contributed by atoms with Gasteiger partial charge in [-0.15, -0.1) is 0 Å². The van der Waals surface area contributed by atoms with Crippen molar-refractivity contribution >= 4 is 43.5 Å². The molecule has 0 aliphatic heterocycles. The minimum Gasteiger partial charge on any atom is -0.483 e. The lowest BCUT2D eigenvalue weighted by atomic mass is 9.90. The van der Waals surface area contributed by atoms with E-state index in [1.165, 1.54) is 5.56 Å². The van der Waals surface area contributed by atoms with Gasteiger partial charge in [-0.3, -0.25) is 4.79 Å².